The van der Waals surface area contributed by atoms with Gasteiger partial charge in [0.1, 0.15) is 23.2 Å². The van der Waals surface area contributed by atoms with Crippen LogP contribution in [0.5, 0.6) is 5.75 Å². The van der Waals surface area contributed by atoms with E-state index < -0.39 is 5.60 Å². The predicted octanol–water partition coefficient (Wildman–Crippen LogP) is 5.34. The van der Waals surface area contributed by atoms with Gasteiger partial charge in [0.15, 0.2) is 0 Å². The minimum absolute atomic E-state index is 0.302. The third kappa shape index (κ3) is 4.55. The molecule has 6 heteroatoms. The molecule has 0 spiro atoms. The Morgan fingerprint density at radius 2 is 1.90 bits per heavy atom. The lowest BCUT2D eigenvalue weighted by Gasteiger charge is -2.37. The lowest BCUT2D eigenvalue weighted by molar-refractivity contribution is -0.0519. The van der Waals surface area contributed by atoms with Crippen molar-refractivity contribution in [2.75, 3.05) is 27.9 Å². The maximum Gasteiger partial charge on any atom is 0.119 e. The molecule has 5 nitrogen and oxygen atoms in total. The van der Waals surface area contributed by atoms with E-state index in [4.69, 9.17) is 18.9 Å². The largest absolute Gasteiger partial charge is 0.497 e. The first-order valence-electron chi connectivity index (χ1n) is 9.80. The van der Waals surface area contributed by atoms with E-state index in [0.717, 1.165) is 53.4 Å². The molecule has 0 fully saturated rings. The van der Waals surface area contributed by atoms with Gasteiger partial charge in [-0.05, 0) is 54.7 Å². The van der Waals surface area contributed by atoms with E-state index in [1.807, 2.05) is 31.2 Å². The second kappa shape index (κ2) is 9.57. The fourth-order valence-electron chi connectivity index (χ4n) is 3.49. The number of aromatic nitrogens is 1. The number of ether oxygens (including phenoxy) is 4. The van der Waals surface area contributed by atoms with Crippen molar-refractivity contribution in [3.63, 3.8) is 0 Å². The number of benzene rings is 1. The number of hydrogen-bond donors (Lipinski definition) is 0. The maximum atomic E-state index is 5.84. The Labute approximate surface area is 177 Å². The van der Waals surface area contributed by atoms with Crippen LogP contribution in [0, 0.1) is 0 Å². The number of allylic oxidation sites excluding steroid dienone is 1. The zero-order valence-electron chi connectivity index (χ0n) is 17.7. The molecule has 0 saturated carbocycles. The molecular weight excluding hydrogens is 386 g/mol. The quantitative estimate of drug-likeness (QED) is 0.518. The lowest BCUT2D eigenvalue weighted by atomic mass is 9.84. The molecule has 1 heterocycles. The normalized spacial score (nSPS) is 21.5. The van der Waals surface area contributed by atoms with Gasteiger partial charge in [-0.25, -0.2) is 0 Å². The van der Waals surface area contributed by atoms with E-state index in [1.54, 1.807) is 21.3 Å². The summed E-state index contributed by atoms with van der Waals surface area (Å²) in [5.74, 6) is 1.62. The van der Waals surface area contributed by atoms with Crippen molar-refractivity contribution in [2.45, 2.75) is 38.4 Å². The SMILES string of the molecule is CCCCOc1ccc(-c2csnc2C2=CC(OC)=CC(C)(OC)C2OC)cc1. The zero-order chi connectivity index (χ0) is 20.9. The summed E-state index contributed by atoms with van der Waals surface area (Å²) in [7, 11) is 5.02. The van der Waals surface area contributed by atoms with E-state index in [1.165, 1.54) is 11.5 Å². The predicted molar refractivity (Wildman–Crippen MR) is 117 cm³/mol. The van der Waals surface area contributed by atoms with E-state index in [9.17, 15) is 0 Å². The molecule has 29 heavy (non-hydrogen) atoms. The monoisotopic (exact) mass is 415 g/mol. The summed E-state index contributed by atoms with van der Waals surface area (Å²) in [6.45, 7) is 4.89. The molecule has 0 saturated heterocycles. The molecule has 0 amide bonds. The molecule has 1 aromatic heterocycles. The summed E-state index contributed by atoms with van der Waals surface area (Å²) in [6, 6.07) is 8.16. The molecule has 2 aromatic rings. The van der Waals surface area contributed by atoms with Crippen LogP contribution in [0.15, 0.2) is 47.6 Å². The average Bonchev–Trinajstić information content (AvgIpc) is 3.23. The highest BCUT2D eigenvalue weighted by Gasteiger charge is 2.40. The molecule has 2 atom stereocenters. The van der Waals surface area contributed by atoms with Crippen molar-refractivity contribution in [1.29, 1.82) is 0 Å². The number of unbranched alkanes of at least 4 members (excludes halogenated alkanes) is 1. The third-order valence-electron chi connectivity index (χ3n) is 5.22. The highest BCUT2D eigenvalue weighted by Crippen LogP contribution is 2.40. The van der Waals surface area contributed by atoms with Gasteiger partial charge in [0.25, 0.3) is 0 Å². The Morgan fingerprint density at radius 1 is 1.14 bits per heavy atom. The van der Waals surface area contributed by atoms with E-state index in [-0.39, 0.29) is 6.10 Å². The fraction of sp³-hybridized carbons (Fsp3) is 0.435. The van der Waals surface area contributed by atoms with Crippen LogP contribution in [0.4, 0.5) is 0 Å². The number of methoxy groups -OCH3 is 3. The lowest BCUT2D eigenvalue weighted by Crippen LogP contribution is -2.43. The van der Waals surface area contributed by atoms with Gasteiger partial charge in [0, 0.05) is 30.7 Å². The van der Waals surface area contributed by atoms with Gasteiger partial charge in [0.05, 0.1) is 19.4 Å². The Hall–Kier alpha value is -2.15. The van der Waals surface area contributed by atoms with Gasteiger partial charge in [-0.3, -0.25) is 0 Å². The van der Waals surface area contributed by atoms with Gasteiger partial charge >= 0.3 is 0 Å². The van der Waals surface area contributed by atoms with Gasteiger partial charge in [-0.2, -0.15) is 4.37 Å². The molecule has 1 aliphatic rings. The topological polar surface area (TPSA) is 49.8 Å². The van der Waals surface area contributed by atoms with Crippen molar-refractivity contribution in [1.82, 2.24) is 4.37 Å². The molecule has 1 aromatic carbocycles. The molecule has 0 radical (unpaired) electrons. The number of hydrogen-bond acceptors (Lipinski definition) is 6. The first-order valence-corrected chi connectivity index (χ1v) is 10.6. The van der Waals surface area contributed by atoms with Gasteiger partial charge in [-0.1, -0.05) is 25.5 Å². The van der Waals surface area contributed by atoms with Crippen LogP contribution in [0.1, 0.15) is 32.4 Å². The Kier molecular flexibility index (Phi) is 7.11. The van der Waals surface area contributed by atoms with Crippen LogP contribution < -0.4 is 4.74 Å². The van der Waals surface area contributed by atoms with Gasteiger partial charge in [0.2, 0.25) is 0 Å². The molecule has 3 rings (SSSR count). The average molecular weight is 416 g/mol. The summed E-state index contributed by atoms with van der Waals surface area (Å²) in [6.07, 6.45) is 5.80. The van der Waals surface area contributed by atoms with Crippen LogP contribution in [-0.2, 0) is 14.2 Å². The minimum atomic E-state index is -0.651. The van der Waals surface area contributed by atoms with Crippen molar-refractivity contribution in [3.8, 4) is 16.9 Å². The van der Waals surface area contributed by atoms with E-state index in [0.29, 0.717) is 0 Å². The third-order valence-corrected chi connectivity index (χ3v) is 5.85. The second-order valence-corrected chi connectivity index (χ2v) is 7.79. The van der Waals surface area contributed by atoms with Crippen LogP contribution in [0.25, 0.3) is 16.7 Å². The van der Waals surface area contributed by atoms with Crippen LogP contribution >= 0.6 is 11.5 Å². The standard InChI is InChI=1S/C23H29NO4S/c1-6-7-12-28-17-10-8-16(9-11-17)20-15-29-24-21(20)19-13-18(25-3)14-23(2,27-5)22(19)26-4/h8-11,13-15,22H,6-7,12H2,1-5H3. The molecule has 0 aliphatic heterocycles. The number of nitrogens with zero attached hydrogens (tertiary/aromatic N) is 1. The molecular formula is C23H29NO4S. The van der Waals surface area contributed by atoms with Crippen LogP contribution in [-0.4, -0.2) is 44.0 Å². The van der Waals surface area contributed by atoms with Crippen molar-refractivity contribution >= 4 is 17.1 Å². The Bertz CT molecular complexity index is 871. The summed E-state index contributed by atoms with van der Waals surface area (Å²) in [4.78, 5) is 0. The summed E-state index contributed by atoms with van der Waals surface area (Å²) < 4.78 is 27.6. The molecule has 0 N–H and O–H groups in total. The zero-order valence-corrected chi connectivity index (χ0v) is 18.5. The Morgan fingerprint density at radius 3 is 2.52 bits per heavy atom. The highest BCUT2D eigenvalue weighted by molar-refractivity contribution is 7.04. The molecule has 0 bridgehead atoms. The van der Waals surface area contributed by atoms with Crippen LogP contribution in [0.2, 0.25) is 0 Å². The molecule has 1 aliphatic carbocycles. The summed E-state index contributed by atoms with van der Waals surface area (Å²) in [5, 5.41) is 2.06. The number of rotatable bonds is 9. The second-order valence-electron chi connectivity index (χ2n) is 7.16. The molecule has 2 unspecified atom stereocenters. The first-order chi connectivity index (χ1) is 14.1. The first kappa shape index (κ1) is 21.6. The summed E-state index contributed by atoms with van der Waals surface area (Å²) >= 11 is 1.43. The van der Waals surface area contributed by atoms with Gasteiger partial charge < -0.3 is 18.9 Å². The van der Waals surface area contributed by atoms with Crippen LogP contribution in [0.3, 0.4) is 0 Å². The fourth-order valence-corrected chi connectivity index (χ4v) is 4.20. The minimum Gasteiger partial charge on any atom is -0.497 e. The van der Waals surface area contributed by atoms with Crippen molar-refractivity contribution in [2.24, 2.45) is 0 Å². The smallest absolute Gasteiger partial charge is 0.119 e. The van der Waals surface area contributed by atoms with Crippen molar-refractivity contribution < 1.29 is 18.9 Å². The van der Waals surface area contributed by atoms with E-state index in [2.05, 4.69) is 28.8 Å². The highest BCUT2D eigenvalue weighted by atomic mass is 32.1. The van der Waals surface area contributed by atoms with E-state index >= 15 is 0 Å². The summed E-state index contributed by atoms with van der Waals surface area (Å²) in [5.41, 5.74) is 3.31. The van der Waals surface area contributed by atoms with Gasteiger partial charge in [-0.15, -0.1) is 0 Å². The Balaban J connectivity index is 1.94. The molecule has 156 valence electrons. The van der Waals surface area contributed by atoms with Crippen molar-refractivity contribution in [3.05, 3.63) is 53.3 Å². The maximum absolute atomic E-state index is 5.84.